The largest absolute Gasteiger partial charge is 0.508 e. The molecule has 0 radical (unpaired) electrons. The lowest BCUT2D eigenvalue weighted by molar-refractivity contribution is 0.289. The molecule has 0 amide bonds. The zero-order chi connectivity index (χ0) is 16.7. The second-order valence-corrected chi connectivity index (χ2v) is 4.75. The van der Waals surface area contributed by atoms with E-state index in [1.165, 1.54) is 0 Å². The van der Waals surface area contributed by atoms with Gasteiger partial charge >= 0.3 is 0 Å². The van der Waals surface area contributed by atoms with Crippen molar-refractivity contribution in [1.29, 1.82) is 0 Å². The quantitative estimate of drug-likeness (QED) is 0.626. The van der Waals surface area contributed by atoms with Crippen molar-refractivity contribution in [3.8, 4) is 22.8 Å². The van der Waals surface area contributed by atoms with Crippen LogP contribution in [0.1, 0.15) is 20.3 Å². The number of phenols is 1. The minimum absolute atomic E-state index is 0.214. The van der Waals surface area contributed by atoms with Gasteiger partial charge in [-0.3, -0.25) is 4.39 Å². The second-order valence-electron chi connectivity index (χ2n) is 4.75. The smallest absolute Gasteiger partial charge is 0.135 e. The summed E-state index contributed by atoms with van der Waals surface area (Å²) in [6.07, 6.45) is 0.398. The normalized spacial score (nSPS) is 10.2. The average molecular weight is 316 g/mol. The first-order valence-electron chi connectivity index (χ1n) is 7.78. The van der Waals surface area contributed by atoms with E-state index in [4.69, 9.17) is 9.15 Å². The van der Waals surface area contributed by atoms with E-state index in [1.807, 2.05) is 44.2 Å². The van der Waals surface area contributed by atoms with Gasteiger partial charge in [-0.1, -0.05) is 13.8 Å². The molecule has 1 heterocycles. The Morgan fingerprint density at radius 1 is 1.04 bits per heavy atom. The van der Waals surface area contributed by atoms with Crippen LogP contribution in [0.25, 0.3) is 22.3 Å². The van der Waals surface area contributed by atoms with Crippen LogP contribution in [0.2, 0.25) is 0 Å². The Labute approximate surface area is 135 Å². The molecule has 0 atom stereocenters. The number of fused-ring (bicyclic) bond motifs is 1. The molecule has 0 aliphatic heterocycles. The van der Waals surface area contributed by atoms with Crippen LogP contribution < -0.4 is 4.74 Å². The van der Waals surface area contributed by atoms with Gasteiger partial charge in [0.25, 0.3) is 0 Å². The maximum atomic E-state index is 12.0. The van der Waals surface area contributed by atoms with Crippen LogP contribution >= 0.6 is 0 Å². The van der Waals surface area contributed by atoms with E-state index in [0.717, 1.165) is 22.3 Å². The van der Waals surface area contributed by atoms with Crippen molar-refractivity contribution in [2.24, 2.45) is 0 Å². The molecule has 0 unspecified atom stereocenters. The molecule has 1 N–H and O–H groups in total. The molecule has 0 aliphatic carbocycles. The van der Waals surface area contributed by atoms with Crippen LogP contribution in [0.15, 0.2) is 52.9 Å². The molecule has 0 saturated heterocycles. The summed E-state index contributed by atoms with van der Waals surface area (Å²) < 4.78 is 23.2. The fraction of sp³-hybridized carbons (Fsp3) is 0.263. The van der Waals surface area contributed by atoms with E-state index in [1.54, 1.807) is 18.2 Å². The Kier molecular flexibility index (Phi) is 6.03. The minimum atomic E-state index is -0.371. The molecular weight excluding hydrogens is 295 g/mol. The molecule has 1 aromatic heterocycles. The highest BCUT2D eigenvalue weighted by Gasteiger charge is 2.07. The van der Waals surface area contributed by atoms with Crippen molar-refractivity contribution in [3.63, 3.8) is 0 Å². The average Bonchev–Trinajstić information content (AvgIpc) is 3.00. The number of alkyl halides is 1. The summed E-state index contributed by atoms with van der Waals surface area (Å²) in [7, 11) is 0. The van der Waals surface area contributed by atoms with Gasteiger partial charge in [0, 0.05) is 17.4 Å². The standard InChI is InChI=1S/C17H15FO3.C2H6/c18-8-1-9-20-15-5-2-12(3-6-15)17-11-13-10-14(19)4-7-16(13)21-17;1-2/h2-7,10-11,19H,1,8-9H2;1-2H3. The van der Waals surface area contributed by atoms with Crippen LogP contribution in [-0.4, -0.2) is 18.4 Å². The molecule has 122 valence electrons. The number of furan rings is 1. The van der Waals surface area contributed by atoms with Crippen LogP contribution in [0.3, 0.4) is 0 Å². The van der Waals surface area contributed by atoms with Crippen molar-refractivity contribution in [2.75, 3.05) is 13.3 Å². The van der Waals surface area contributed by atoms with E-state index >= 15 is 0 Å². The van der Waals surface area contributed by atoms with Gasteiger partial charge in [-0.2, -0.15) is 0 Å². The fourth-order valence-corrected chi connectivity index (χ4v) is 2.13. The molecule has 0 spiro atoms. The van der Waals surface area contributed by atoms with Gasteiger partial charge in [-0.25, -0.2) is 0 Å². The first kappa shape index (κ1) is 16.9. The number of aromatic hydroxyl groups is 1. The van der Waals surface area contributed by atoms with E-state index in [9.17, 15) is 9.50 Å². The number of ether oxygens (including phenoxy) is 1. The van der Waals surface area contributed by atoms with E-state index in [2.05, 4.69) is 0 Å². The summed E-state index contributed by atoms with van der Waals surface area (Å²) in [5.74, 6) is 1.65. The lowest BCUT2D eigenvalue weighted by Crippen LogP contribution is -1.97. The van der Waals surface area contributed by atoms with Crippen LogP contribution in [0.4, 0.5) is 4.39 Å². The van der Waals surface area contributed by atoms with Gasteiger partial charge in [0.2, 0.25) is 0 Å². The summed E-state index contributed by atoms with van der Waals surface area (Å²) in [6, 6.07) is 14.3. The van der Waals surface area contributed by atoms with Crippen molar-refractivity contribution < 1.29 is 18.7 Å². The molecule has 23 heavy (non-hydrogen) atoms. The van der Waals surface area contributed by atoms with Crippen molar-refractivity contribution in [3.05, 3.63) is 48.5 Å². The lowest BCUT2D eigenvalue weighted by atomic mass is 10.1. The zero-order valence-electron chi connectivity index (χ0n) is 13.4. The Morgan fingerprint density at radius 3 is 2.48 bits per heavy atom. The number of hydrogen-bond donors (Lipinski definition) is 1. The Balaban J connectivity index is 0.000000924. The van der Waals surface area contributed by atoms with Crippen LogP contribution in [0, 0.1) is 0 Å². The van der Waals surface area contributed by atoms with E-state index < -0.39 is 0 Å². The Morgan fingerprint density at radius 2 is 1.78 bits per heavy atom. The molecule has 0 saturated carbocycles. The topological polar surface area (TPSA) is 42.6 Å². The molecule has 0 fully saturated rings. The van der Waals surface area contributed by atoms with Gasteiger partial charge < -0.3 is 14.3 Å². The summed E-state index contributed by atoms with van der Waals surface area (Å²) in [5, 5.41) is 10.3. The van der Waals surface area contributed by atoms with Crippen molar-refractivity contribution in [2.45, 2.75) is 20.3 Å². The highest BCUT2D eigenvalue weighted by molar-refractivity contribution is 5.84. The predicted molar refractivity (Wildman–Crippen MR) is 90.7 cm³/mol. The number of benzene rings is 2. The minimum Gasteiger partial charge on any atom is -0.508 e. The number of rotatable bonds is 5. The summed E-state index contributed by atoms with van der Waals surface area (Å²) in [4.78, 5) is 0. The van der Waals surface area contributed by atoms with E-state index in [0.29, 0.717) is 18.8 Å². The predicted octanol–water partition coefficient (Wildman–Crippen LogP) is 5.57. The van der Waals surface area contributed by atoms with Crippen molar-refractivity contribution in [1.82, 2.24) is 0 Å². The highest BCUT2D eigenvalue weighted by atomic mass is 19.1. The van der Waals surface area contributed by atoms with Crippen LogP contribution in [-0.2, 0) is 0 Å². The third-order valence-corrected chi connectivity index (χ3v) is 3.19. The van der Waals surface area contributed by atoms with Gasteiger partial charge in [0.1, 0.15) is 22.8 Å². The van der Waals surface area contributed by atoms with Gasteiger partial charge in [-0.05, 0) is 48.5 Å². The summed E-state index contributed by atoms with van der Waals surface area (Å²) in [5.41, 5.74) is 1.65. The van der Waals surface area contributed by atoms with Gasteiger partial charge in [0.15, 0.2) is 0 Å². The second kappa shape index (κ2) is 8.22. The Bertz CT molecular complexity index is 732. The van der Waals surface area contributed by atoms with Gasteiger partial charge in [0.05, 0.1) is 13.3 Å². The molecule has 3 rings (SSSR count). The maximum absolute atomic E-state index is 12.0. The molecule has 0 aliphatic rings. The van der Waals surface area contributed by atoms with Gasteiger partial charge in [-0.15, -0.1) is 0 Å². The number of phenolic OH excluding ortho intramolecular Hbond substituents is 1. The maximum Gasteiger partial charge on any atom is 0.135 e. The fourth-order valence-electron chi connectivity index (χ4n) is 2.13. The third kappa shape index (κ3) is 4.25. The monoisotopic (exact) mass is 316 g/mol. The Hall–Kier alpha value is -2.49. The summed E-state index contributed by atoms with van der Waals surface area (Å²) >= 11 is 0. The molecule has 3 nitrogen and oxygen atoms in total. The zero-order valence-corrected chi connectivity index (χ0v) is 13.4. The SMILES string of the molecule is CC.Oc1ccc2oc(-c3ccc(OCCCF)cc3)cc2c1. The molecule has 0 bridgehead atoms. The lowest BCUT2D eigenvalue weighted by Gasteiger charge is -2.04. The van der Waals surface area contributed by atoms with Crippen LogP contribution in [0.5, 0.6) is 11.5 Å². The molecule has 2 aromatic carbocycles. The van der Waals surface area contributed by atoms with Crippen molar-refractivity contribution >= 4 is 11.0 Å². The van der Waals surface area contributed by atoms with E-state index in [-0.39, 0.29) is 12.4 Å². The number of halogens is 1. The molecule has 4 heteroatoms. The summed E-state index contributed by atoms with van der Waals surface area (Å²) in [6.45, 7) is 4.00. The first-order chi connectivity index (χ1) is 11.3. The molecular formula is C19H21FO3. The number of hydrogen-bond acceptors (Lipinski definition) is 3. The highest BCUT2D eigenvalue weighted by Crippen LogP contribution is 2.30. The molecule has 3 aromatic rings. The first-order valence-corrected chi connectivity index (χ1v) is 7.78. The third-order valence-electron chi connectivity index (χ3n) is 3.19.